The van der Waals surface area contributed by atoms with Crippen molar-refractivity contribution in [1.29, 1.82) is 5.26 Å². The van der Waals surface area contributed by atoms with Crippen LogP contribution in [-0.2, 0) is 10.0 Å². The van der Waals surface area contributed by atoms with E-state index in [2.05, 4.69) is 11.4 Å². The minimum atomic E-state index is -3.46. The Morgan fingerprint density at radius 3 is 2.62 bits per heavy atom. The second kappa shape index (κ2) is 5.60. The maximum absolute atomic E-state index is 12.6. The van der Waals surface area contributed by atoms with E-state index in [0.717, 1.165) is 6.42 Å². The molecule has 2 heterocycles. The number of rotatable bonds is 3. The molecule has 1 aliphatic heterocycles. The van der Waals surface area contributed by atoms with Gasteiger partial charge in [0.15, 0.2) is 0 Å². The monoisotopic (exact) mass is 318 g/mol. The fourth-order valence-corrected chi connectivity index (χ4v) is 4.82. The summed E-state index contributed by atoms with van der Waals surface area (Å²) in [7, 11) is -3.46. The van der Waals surface area contributed by atoms with Crippen LogP contribution in [-0.4, -0.2) is 25.8 Å². The first-order valence-corrected chi connectivity index (χ1v) is 9.02. The molecule has 1 fully saturated rings. The molecular weight excluding hydrogens is 304 g/mol. The van der Waals surface area contributed by atoms with Gasteiger partial charge in [-0.1, -0.05) is 0 Å². The minimum Gasteiger partial charge on any atom is -0.207 e. The lowest BCUT2D eigenvalue weighted by molar-refractivity contribution is 0.473. The Kier molecular flexibility index (Phi) is 3.81. The van der Waals surface area contributed by atoms with Crippen molar-refractivity contribution < 1.29 is 8.42 Å². The smallest absolute Gasteiger partial charge is 0.207 e. The van der Waals surface area contributed by atoms with E-state index >= 15 is 0 Å². The lowest BCUT2D eigenvalue weighted by Gasteiger charge is -2.16. The molecule has 1 aliphatic rings. The molecule has 108 valence electrons. The molecule has 0 bridgehead atoms. The average molecular weight is 318 g/mol. The molecule has 0 spiro atoms. The van der Waals surface area contributed by atoms with Gasteiger partial charge >= 0.3 is 0 Å². The Bertz CT molecular complexity index is 759. The highest BCUT2D eigenvalue weighted by atomic mass is 32.2. The molecule has 1 aromatic carbocycles. The molecule has 0 saturated carbocycles. The third-order valence-corrected chi connectivity index (χ3v) is 6.37. The van der Waals surface area contributed by atoms with Crippen LogP contribution in [0.5, 0.6) is 0 Å². The number of thiophene rings is 1. The van der Waals surface area contributed by atoms with Crippen molar-refractivity contribution in [2.45, 2.75) is 17.2 Å². The van der Waals surface area contributed by atoms with Gasteiger partial charge in [-0.3, -0.25) is 0 Å². The van der Waals surface area contributed by atoms with Gasteiger partial charge in [-0.25, -0.2) is 8.42 Å². The van der Waals surface area contributed by atoms with Crippen molar-refractivity contribution in [2.75, 3.05) is 13.1 Å². The van der Waals surface area contributed by atoms with Crippen molar-refractivity contribution in [2.24, 2.45) is 0 Å². The Balaban J connectivity index is 1.81. The fraction of sp³-hybridized carbons (Fsp3) is 0.267. The van der Waals surface area contributed by atoms with E-state index in [1.54, 1.807) is 23.5 Å². The zero-order valence-corrected chi connectivity index (χ0v) is 12.9. The fourth-order valence-electron chi connectivity index (χ4n) is 2.58. The van der Waals surface area contributed by atoms with Gasteiger partial charge in [0.1, 0.15) is 0 Å². The molecular formula is C15H14N2O2S2. The average Bonchev–Trinajstić information content (AvgIpc) is 3.18. The highest BCUT2D eigenvalue weighted by Crippen LogP contribution is 2.32. The molecule has 1 atom stereocenters. The maximum Gasteiger partial charge on any atom is 0.243 e. The van der Waals surface area contributed by atoms with Crippen LogP contribution in [0.1, 0.15) is 23.5 Å². The molecule has 0 aliphatic carbocycles. The zero-order chi connectivity index (χ0) is 14.9. The van der Waals surface area contributed by atoms with Gasteiger partial charge < -0.3 is 0 Å². The molecule has 6 heteroatoms. The Morgan fingerprint density at radius 2 is 2.00 bits per heavy atom. The summed E-state index contributed by atoms with van der Waals surface area (Å²) in [4.78, 5) is 0.257. The summed E-state index contributed by atoms with van der Waals surface area (Å²) in [6.45, 7) is 1.07. The summed E-state index contributed by atoms with van der Waals surface area (Å²) < 4.78 is 26.7. The van der Waals surface area contributed by atoms with E-state index < -0.39 is 10.0 Å². The summed E-state index contributed by atoms with van der Waals surface area (Å²) in [6, 6.07) is 10.1. The normalized spacial score (nSPS) is 19.5. The molecule has 0 radical (unpaired) electrons. The first-order valence-electron chi connectivity index (χ1n) is 6.63. The maximum atomic E-state index is 12.6. The molecule has 1 saturated heterocycles. The number of hydrogen-bond acceptors (Lipinski definition) is 4. The van der Waals surface area contributed by atoms with Crippen molar-refractivity contribution in [3.63, 3.8) is 0 Å². The van der Waals surface area contributed by atoms with E-state index in [0.29, 0.717) is 18.7 Å². The number of nitriles is 1. The van der Waals surface area contributed by atoms with Crippen molar-refractivity contribution in [3.05, 3.63) is 52.2 Å². The lowest BCUT2D eigenvalue weighted by Crippen LogP contribution is -2.28. The number of benzene rings is 1. The summed E-state index contributed by atoms with van der Waals surface area (Å²) in [5, 5.41) is 12.9. The predicted octanol–water partition coefficient (Wildman–Crippen LogP) is 2.80. The van der Waals surface area contributed by atoms with Crippen LogP contribution < -0.4 is 0 Å². The van der Waals surface area contributed by atoms with Crippen LogP contribution in [0.25, 0.3) is 0 Å². The van der Waals surface area contributed by atoms with E-state index in [9.17, 15) is 8.42 Å². The molecule has 0 amide bonds. The lowest BCUT2D eigenvalue weighted by atomic mass is 10.0. The first-order chi connectivity index (χ1) is 10.1. The van der Waals surface area contributed by atoms with Gasteiger partial charge in [0.2, 0.25) is 10.0 Å². The van der Waals surface area contributed by atoms with Gasteiger partial charge in [-0.15, -0.1) is 0 Å². The van der Waals surface area contributed by atoms with Crippen molar-refractivity contribution in [3.8, 4) is 6.07 Å². The number of sulfonamides is 1. The second-order valence-electron chi connectivity index (χ2n) is 5.04. The van der Waals surface area contributed by atoms with Gasteiger partial charge in [0.05, 0.1) is 16.5 Å². The summed E-state index contributed by atoms with van der Waals surface area (Å²) in [5.74, 6) is 0.282. The van der Waals surface area contributed by atoms with Crippen LogP contribution in [0.2, 0.25) is 0 Å². The SMILES string of the molecule is N#Cc1ccc(S(=O)(=O)N2CCC(c3ccsc3)C2)cc1. The molecule has 2 aromatic rings. The third-order valence-electron chi connectivity index (χ3n) is 3.79. The van der Waals surface area contributed by atoms with Gasteiger partial charge in [-0.05, 0) is 59.0 Å². The van der Waals surface area contributed by atoms with Crippen LogP contribution in [0.4, 0.5) is 0 Å². The Labute approximate surface area is 128 Å². The molecule has 21 heavy (non-hydrogen) atoms. The van der Waals surface area contributed by atoms with Gasteiger partial charge in [0, 0.05) is 13.1 Å². The largest absolute Gasteiger partial charge is 0.243 e. The van der Waals surface area contributed by atoms with E-state index in [1.165, 1.54) is 22.0 Å². The van der Waals surface area contributed by atoms with Crippen LogP contribution >= 0.6 is 11.3 Å². The Morgan fingerprint density at radius 1 is 1.24 bits per heavy atom. The minimum absolute atomic E-state index is 0.257. The molecule has 3 rings (SSSR count). The molecule has 0 N–H and O–H groups in total. The Hall–Kier alpha value is -1.68. The van der Waals surface area contributed by atoms with Crippen LogP contribution in [0.3, 0.4) is 0 Å². The topological polar surface area (TPSA) is 61.2 Å². The highest BCUT2D eigenvalue weighted by molar-refractivity contribution is 7.89. The quantitative estimate of drug-likeness (QED) is 0.874. The summed E-state index contributed by atoms with van der Waals surface area (Å²) >= 11 is 1.64. The summed E-state index contributed by atoms with van der Waals surface area (Å²) in [6.07, 6.45) is 0.853. The standard InChI is InChI=1S/C15H14N2O2S2/c16-9-12-1-3-15(4-2-12)21(18,19)17-7-5-13(10-17)14-6-8-20-11-14/h1-4,6,8,11,13H,5,7,10H2. The third kappa shape index (κ3) is 2.72. The van der Waals surface area contributed by atoms with Gasteiger partial charge in [0.25, 0.3) is 0 Å². The molecule has 4 nitrogen and oxygen atoms in total. The van der Waals surface area contributed by atoms with Crippen LogP contribution in [0, 0.1) is 11.3 Å². The van der Waals surface area contributed by atoms with E-state index in [4.69, 9.17) is 5.26 Å². The van der Waals surface area contributed by atoms with E-state index in [1.807, 2.05) is 11.4 Å². The second-order valence-corrected chi connectivity index (χ2v) is 7.76. The number of hydrogen-bond donors (Lipinski definition) is 0. The number of nitrogens with zero attached hydrogens (tertiary/aromatic N) is 2. The van der Waals surface area contributed by atoms with E-state index in [-0.39, 0.29) is 10.8 Å². The van der Waals surface area contributed by atoms with Gasteiger partial charge in [-0.2, -0.15) is 20.9 Å². The first kappa shape index (κ1) is 14.3. The van der Waals surface area contributed by atoms with Crippen molar-refractivity contribution >= 4 is 21.4 Å². The predicted molar refractivity (Wildman–Crippen MR) is 81.6 cm³/mol. The molecule has 1 aromatic heterocycles. The summed E-state index contributed by atoms with van der Waals surface area (Å²) in [5.41, 5.74) is 1.68. The van der Waals surface area contributed by atoms with Crippen LogP contribution in [0.15, 0.2) is 46.0 Å². The molecule has 1 unspecified atom stereocenters. The highest BCUT2D eigenvalue weighted by Gasteiger charge is 2.33. The zero-order valence-electron chi connectivity index (χ0n) is 11.3. The van der Waals surface area contributed by atoms with Crippen molar-refractivity contribution in [1.82, 2.24) is 4.31 Å².